The predicted molar refractivity (Wildman–Crippen MR) is 144 cm³/mol. The highest BCUT2D eigenvalue weighted by molar-refractivity contribution is 6.06. The molecule has 0 saturated heterocycles. The molecule has 0 radical (unpaired) electrons. The van der Waals surface area contributed by atoms with Crippen molar-refractivity contribution in [2.24, 2.45) is 0 Å². The summed E-state index contributed by atoms with van der Waals surface area (Å²) in [6.07, 6.45) is 1.95. The summed E-state index contributed by atoms with van der Waals surface area (Å²) in [5.41, 5.74) is 4.81. The molecule has 1 aliphatic heterocycles. The van der Waals surface area contributed by atoms with Crippen LogP contribution in [0.25, 0.3) is 0 Å². The second-order valence-corrected chi connectivity index (χ2v) is 10.3. The van der Waals surface area contributed by atoms with Crippen molar-refractivity contribution in [3.63, 3.8) is 0 Å². The molecule has 1 unspecified atom stereocenters. The minimum absolute atomic E-state index is 0.0102. The van der Waals surface area contributed by atoms with Crippen LogP contribution in [-0.4, -0.2) is 23.8 Å². The molecule has 0 amide bonds. The lowest BCUT2D eigenvalue weighted by Crippen LogP contribution is -2.33. The van der Waals surface area contributed by atoms with Crippen LogP contribution in [-0.2, 0) is 20.9 Å². The third kappa shape index (κ3) is 4.27. The Kier molecular flexibility index (Phi) is 6.46. The molecule has 0 fully saturated rings. The predicted octanol–water partition coefficient (Wildman–Crippen LogP) is 6.10. The molecule has 0 spiro atoms. The lowest BCUT2D eigenvalue weighted by Gasteiger charge is -2.39. The molecule has 3 aromatic carbocycles. The number of hydrogen-bond acceptors (Lipinski definition) is 5. The number of benzene rings is 3. The average Bonchev–Trinajstić information content (AvgIpc) is 2.96. The zero-order valence-corrected chi connectivity index (χ0v) is 21.4. The number of aliphatic hydroxyl groups is 1. The van der Waals surface area contributed by atoms with Crippen molar-refractivity contribution < 1.29 is 24.2 Å². The zero-order valence-electron chi connectivity index (χ0n) is 21.4. The fraction of sp³-hybridized carbons (Fsp3) is 0.273. The van der Waals surface area contributed by atoms with E-state index in [1.165, 1.54) is 0 Å². The summed E-state index contributed by atoms with van der Waals surface area (Å²) in [5, 5.41) is 10.0. The first-order valence-corrected chi connectivity index (χ1v) is 13.1. The Bertz CT molecular complexity index is 1370. The summed E-state index contributed by atoms with van der Waals surface area (Å²) in [6.45, 7) is -0.202. The largest absolute Gasteiger partial charge is 0.496 e. The fourth-order valence-electron chi connectivity index (χ4n) is 6.28. The van der Waals surface area contributed by atoms with Crippen molar-refractivity contribution in [1.29, 1.82) is 0 Å². The molecule has 0 bridgehead atoms. The second-order valence-electron chi connectivity index (χ2n) is 10.3. The number of aliphatic hydroxyl groups excluding tert-OH is 1. The van der Waals surface area contributed by atoms with E-state index in [9.17, 15) is 14.7 Å². The summed E-state index contributed by atoms with van der Waals surface area (Å²) in [7, 11) is 1.56. The Morgan fingerprint density at radius 3 is 1.74 bits per heavy atom. The minimum atomic E-state index is -0.515. The SMILES string of the molecule is COc1ccc(C2C3=C(C[C@H](c4ccccc4)CC3=O)OC3=C2C(=O)C[C@H](c2ccccc2)C3)cc1CO. The number of rotatable bonds is 5. The van der Waals surface area contributed by atoms with Crippen LogP contribution in [0, 0.1) is 0 Å². The Labute approximate surface area is 222 Å². The number of Topliss-reactive ketones (excluding diaryl/α,β-unsaturated/α-hetero) is 2. The molecule has 0 aromatic heterocycles. The Morgan fingerprint density at radius 2 is 1.26 bits per heavy atom. The standard InChI is InChI=1S/C33H30O5/c1-37-28-13-12-22(14-25(28)19-34)31-32-26(35)15-23(20-8-4-2-5-9-20)17-29(32)38-30-18-24(16-27(36)33(30)31)21-10-6-3-7-11-21/h2-14,23-24,31,34H,15-19H2,1H3/t23-,24+,31?. The number of methoxy groups -OCH3 is 1. The van der Waals surface area contributed by atoms with Gasteiger partial charge in [-0.3, -0.25) is 9.59 Å². The maximum absolute atomic E-state index is 13.8. The van der Waals surface area contributed by atoms with E-state index in [1.807, 2.05) is 48.5 Å². The summed E-state index contributed by atoms with van der Waals surface area (Å²) in [5.74, 6) is 1.47. The van der Waals surface area contributed by atoms with Gasteiger partial charge in [-0.05, 0) is 40.7 Å². The number of carbonyl (C=O) groups is 2. The van der Waals surface area contributed by atoms with Gasteiger partial charge in [-0.1, -0.05) is 66.7 Å². The van der Waals surface area contributed by atoms with Crippen LogP contribution in [0.5, 0.6) is 5.75 Å². The molecule has 1 heterocycles. The van der Waals surface area contributed by atoms with Gasteiger partial charge in [0.05, 0.1) is 13.7 Å². The molecular formula is C33H30O5. The third-order valence-electron chi connectivity index (χ3n) is 8.10. The highest BCUT2D eigenvalue weighted by atomic mass is 16.5. The quantitative estimate of drug-likeness (QED) is 0.453. The van der Waals surface area contributed by atoms with Crippen LogP contribution in [0.4, 0.5) is 0 Å². The van der Waals surface area contributed by atoms with Crippen molar-refractivity contribution in [2.75, 3.05) is 7.11 Å². The number of carbonyl (C=O) groups excluding carboxylic acids is 2. The lowest BCUT2D eigenvalue weighted by atomic mass is 9.69. The number of ether oxygens (including phenoxy) is 2. The lowest BCUT2D eigenvalue weighted by molar-refractivity contribution is -0.118. The van der Waals surface area contributed by atoms with Crippen molar-refractivity contribution in [3.05, 3.63) is 124 Å². The molecule has 38 heavy (non-hydrogen) atoms. The van der Waals surface area contributed by atoms with Crippen LogP contribution in [0.15, 0.2) is 102 Å². The van der Waals surface area contributed by atoms with E-state index >= 15 is 0 Å². The van der Waals surface area contributed by atoms with Crippen molar-refractivity contribution in [3.8, 4) is 5.75 Å². The van der Waals surface area contributed by atoms with Crippen molar-refractivity contribution in [1.82, 2.24) is 0 Å². The van der Waals surface area contributed by atoms with Crippen LogP contribution >= 0.6 is 0 Å². The molecule has 3 aromatic rings. The molecular weight excluding hydrogens is 476 g/mol. The maximum atomic E-state index is 13.8. The molecule has 1 N–H and O–H groups in total. The summed E-state index contributed by atoms with van der Waals surface area (Å²) >= 11 is 0. The van der Waals surface area contributed by atoms with Gasteiger partial charge in [-0.25, -0.2) is 0 Å². The zero-order chi connectivity index (χ0) is 26.2. The van der Waals surface area contributed by atoms with Gasteiger partial charge in [0.25, 0.3) is 0 Å². The van der Waals surface area contributed by atoms with Crippen LogP contribution in [0.3, 0.4) is 0 Å². The smallest absolute Gasteiger partial charge is 0.163 e. The van der Waals surface area contributed by atoms with Crippen LogP contribution in [0.1, 0.15) is 65.7 Å². The van der Waals surface area contributed by atoms with E-state index in [4.69, 9.17) is 9.47 Å². The highest BCUT2D eigenvalue weighted by Crippen LogP contribution is 2.52. The van der Waals surface area contributed by atoms with E-state index < -0.39 is 5.92 Å². The summed E-state index contributed by atoms with van der Waals surface area (Å²) in [6, 6.07) is 25.7. The van der Waals surface area contributed by atoms with E-state index in [0.717, 1.165) is 16.7 Å². The first-order chi connectivity index (χ1) is 18.6. The molecule has 3 aliphatic rings. The van der Waals surface area contributed by atoms with Gasteiger partial charge in [0.2, 0.25) is 0 Å². The van der Waals surface area contributed by atoms with Crippen molar-refractivity contribution >= 4 is 11.6 Å². The summed E-state index contributed by atoms with van der Waals surface area (Å²) in [4.78, 5) is 27.6. The first kappa shape index (κ1) is 24.4. The Hall–Kier alpha value is -3.96. The van der Waals surface area contributed by atoms with Crippen LogP contribution in [0.2, 0.25) is 0 Å². The first-order valence-electron chi connectivity index (χ1n) is 13.1. The van der Waals surface area contributed by atoms with Gasteiger partial charge in [0.1, 0.15) is 17.3 Å². The van der Waals surface area contributed by atoms with Crippen LogP contribution < -0.4 is 4.74 Å². The topological polar surface area (TPSA) is 72.8 Å². The van der Waals surface area contributed by atoms with E-state index in [-0.39, 0.29) is 30.0 Å². The normalized spacial score (nSPS) is 23.1. The number of allylic oxidation sites excluding steroid dienone is 4. The molecule has 192 valence electrons. The monoisotopic (exact) mass is 506 g/mol. The molecule has 3 atom stereocenters. The molecule has 0 saturated carbocycles. The number of ketones is 2. The van der Waals surface area contributed by atoms with Gasteiger partial charge in [-0.2, -0.15) is 0 Å². The Balaban J connectivity index is 1.46. The van der Waals surface area contributed by atoms with E-state index in [1.54, 1.807) is 13.2 Å². The third-order valence-corrected chi connectivity index (χ3v) is 8.10. The van der Waals surface area contributed by atoms with E-state index in [2.05, 4.69) is 24.3 Å². The molecule has 5 nitrogen and oxygen atoms in total. The maximum Gasteiger partial charge on any atom is 0.163 e. The molecule has 6 rings (SSSR count). The molecule has 5 heteroatoms. The average molecular weight is 507 g/mol. The van der Waals surface area contributed by atoms with Gasteiger partial charge in [0.15, 0.2) is 11.6 Å². The van der Waals surface area contributed by atoms with Gasteiger partial charge in [0, 0.05) is 48.3 Å². The fourth-order valence-corrected chi connectivity index (χ4v) is 6.28. The highest BCUT2D eigenvalue weighted by Gasteiger charge is 2.45. The van der Waals surface area contributed by atoms with Gasteiger partial charge < -0.3 is 14.6 Å². The second kappa shape index (κ2) is 10.1. The Morgan fingerprint density at radius 1 is 0.737 bits per heavy atom. The van der Waals surface area contributed by atoms with Gasteiger partial charge in [-0.15, -0.1) is 0 Å². The minimum Gasteiger partial charge on any atom is -0.496 e. The van der Waals surface area contributed by atoms with Crippen molar-refractivity contribution in [2.45, 2.75) is 50.0 Å². The summed E-state index contributed by atoms with van der Waals surface area (Å²) < 4.78 is 12.0. The molecule has 2 aliphatic carbocycles. The number of hydrogen-bond donors (Lipinski definition) is 1. The van der Waals surface area contributed by atoms with E-state index in [0.29, 0.717) is 59.7 Å². The van der Waals surface area contributed by atoms with Gasteiger partial charge >= 0.3 is 0 Å².